The van der Waals surface area contributed by atoms with Crippen molar-refractivity contribution in [2.24, 2.45) is 0 Å². The van der Waals surface area contributed by atoms with E-state index < -0.39 is 0 Å². The Morgan fingerprint density at radius 3 is 2.94 bits per heavy atom. The van der Waals surface area contributed by atoms with Crippen LogP contribution < -0.4 is 5.32 Å². The van der Waals surface area contributed by atoms with E-state index in [0.29, 0.717) is 5.92 Å². The zero-order chi connectivity index (χ0) is 12.4. The lowest BCUT2D eigenvalue weighted by atomic mass is 9.95. The van der Waals surface area contributed by atoms with E-state index in [1.54, 1.807) is 0 Å². The summed E-state index contributed by atoms with van der Waals surface area (Å²) in [7, 11) is 0. The fourth-order valence-electron chi connectivity index (χ4n) is 2.85. The van der Waals surface area contributed by atoms with Crippen molar-refractivity contribution in [3.8, 4) is 0 Å². The van der Waals surface area contributed by atoms with Gasteiger partial charge in [0.05, 0.1) is 6.61 Å². The van der Waals surface area contributed by atoms with Crippen molar-refractivity contribution in [2.75, 3.05) is 25.1 Å². The summed E-state index contributed by atoms with van der Waals surface area (Å²) in [5, 5.41) is 3.41. The first-order valence-corrected chi connectivity index (χ1v) is 7.09. The molecule has 1 fully saturated rings. The number of hydrogen-bond donors (Lipinski definition) is 1. The summed E-state index contributed by atoms with van der Waals surface area (Å²) in [5.41, 5.74) is 2.62. The van der Waals surface area contributed by atoms with Gasteiger partial charge in [-0.3, -0.25) is 0 Å². The molecule has 98 valence electrons. The number of nitrogens with one attached hydrogen (secondary N) is 1. The average molecular weight is 247 g/mol. The van der Waals surface area contributed by atoms with Crippen molar-refractivity contribution in [3.63, 3.8) is 0 Å². The first kappa shape index (κ1) is 11.9. The molecule has 2 aliphatic rings. The summed E-state index contributed by atoms with van der Waals surface area (Å²) >= 11 is 0. The van der Waals surface area contributed by atoms with Crippen LogP contribution in [0.25, 0.3) is 0 Å². The van der Waals surface area contributed by atoms with Crippen molar-refractivity contribution < 1.29 is 4.74 Å². The van der Waals surface area contributed by atoms with Gasteiger partial charge in [-0.2, -0.15) is 0 Å². The average Bonchev–Trinajstić information content (AvgIpc) is 2.93. The van der Waals surface area contributed by atoms with Gasteiger partial charge in [0.1, 0.15) is 11.6 Å². The molecule has 18 heavy (non-hydrogen) atoms. The molecular weight excluding hydrogens is 226 g/mol. The zero-order valence-electron chi connectivity index (χ0n) is 11.0. The molecule has 1 aliphatic heterocycles. The largest absolute Gasteiger partial charge is 0.381 e. The van der Waals surface area contributed by atoms with Gasteiger partial charge < -0.3 is 10.1 Å². The zero-order valence-corrected chi connectivity index (χ0v) is 11.0. The Morgan fingerprint density at radius 2 is 2.17 bits per heavy atom. The van der Waals surface area contributed by atoms with Gasteiger partial charge in [-0.1, -0.05) is 0 Å². The van der Waals surface area contributed by atoms with Crippen molar-refractivity contribution in [1.29, 1.82) is 0 Å². The van der Waals surface area contributed by atoms with Gasteiger partial charge in [-0.25, -0.2) is 9.97 Å². The molecule has 1 aromatic rings. The second kappa shape index (κ2) is 5.22. The molecule has 0 amide bonds. The highest BCUT2D eigenvalue weighted by Gasteiger charge is 2.24. The predicted octanol–water partition coefficient (Wildman–Crippen LogP) is 2.29. The number of aromatic nitrogens is 2. The van der Waals surface area contributed by atoms with Crippen LogP contribution in [-0.2, 0) is 17.6 Å². The third-order valence-electron chi connectivity index (χ3n) is 3.84. The number of nitrogens with zero attached hydrogens (tertiary/aromatic N) is 2. The van der Waals surface area contributed by atoms with E-state index in [2.05, 4.69) is 12.2 Å². The van der Waals surface area contributed by atoms with Gasteiger partial charge in [0.15, 0.2) is 0 Å². The Morgan fingerprint density at radius 1 is 1.28 bits per heavy atom. The molecule has 1 atom stereocenters. The third-order valence-corrected chi connectivity index (χ3v) is 3.84. The van der Waals surface area contributed by atoms with Crippen molar-refractivity contribution in [1.82, 2.24) is 9.97 Å². The molecule has 2 heterocycles. The number of anilines is 1. The van der Waals surface area contributed by atoms with Gasteiger partial charge in [-0.15, -0.1) is 0 Å². The minimum atomic E-state index is 0.398. The number of aryl methyl sites for hydroxylation is 1. The van der Waals surface area contributed by atoms with Gasteiger partial charge in [0.25, 0.3) is 0 Å². The summed E-state index contributed by atoms with van der Waals surface area (Å²) in [6, 6.07) is 0. The molecule has 0 saturated carbocycles. The number of hydrogen-bond acceptors (Lipinski definition) is 4. The van der Waals surface area contributed by atoms with Crippen LogP contribution in [0.15, 0.2) is 0 Å². The molecule has 1 N–H and O–H groups in total. The van der Waals surface area contributed by atoms with E-state index in [-0.39, 0.29) is 0 Å². The minimum absolute atomic E-state index is 0.398. The number of fused-ring (bicyclic) bond motifs is 1. The van der Waals surface area contributed by atoms with Crippen LogP contribution in [0.1, 0.15) is 49.2 Å². The smallest absolute Gasteiger partial charge is 0.136 e. The molecule has 1 aromatic heterocycles. The highest BCUT2D eigenvalue weighted by Crippen LogP contribution is 2.29. The Hall–Kier alpha value is -1.16. The van der Waals surface area contributed by atoms with Gasteiger partial charge >= 0.3 is 0 Å². The lowest BCUT2D eigenvalue weighted by Crippen LogP contribution is -2.16. The topological polar surface area (TPSA) is 47.0 Å². The van der Waals surface area contributed by atoms with Crippen LogP contribution in [0.4, 0.5) is 5.82 Å². The standard InChI is InChI=1S/C14H21N3O/c1-2-15-14-11-5-3-4-6-12(11)16-13(17-14)10-7-8-18-9-10/h10H,2-9H2,1H3,(H,15,16,17). The van der Waals surface area contributed by atoms with Crippen LogP contribution in [-0.4, -0.2) is 29.7 Å². The van der Waals surface area contributed by atoms with Crippen LogP contribution >= 0.6 is 0 Å². The molecule has 1 aliphatic carbocycles. The van der Waals surface area contributed by atoms with Crippen molar-refractivity contribution in [2.45, 2.75) is 44.9 Å². The van der Waals surface area contributed by atoms with Crippen LogP contribution in [0.3, 0.4) is 0 Å². The molecule has 1 unspecified atom stereocenters. The second-order valence-electron chi connectivity index (χ2n) is 5.15. The lowest BCUT2D eigenvalue weighted by molar-refractivity contribution is 0.193. The molecular formula is C14H21N3O. The molecule has 1 saturated heterocycles. The molecule has 0 aromatic carbocycles. The second-order valence-corrected chi connectivity index (χ2v) is 5.15. The molecule has 4 heteroatoms. The normalized spacial score (nSPS) is 22.8. The first-order chi connectivity index (χ1) is 8.88. The van der Waals surface area contributed by atoms with E-state index >= 15 is 0 Å². The maximum Gasteiger partial charge on any atom is 0.136 e. The highest BCUT2D eigenvalue weighted by molar-refractivity contribution is 5.48. The fraction of sp³-hybridized carbons (Fsp3) is 0.714. The molecule has 0 spiro atoms. The Labute approximate surface area is 108 Å². The Balaban J connectivity index is 1.97. The number of ether oxygens (including phenoxy) is 1. The van der Waals surface area contributed by atoms with Crippen LogP contribution in [0.5, 0.6) is 0 Å². The van der Waals surface area contributed by atoms with Crippen molar-refractivity contribution >= 4 is 5.82 Å². The van der Waals surface area contributed by atoms with Crippen LogP contribution in [0.2, 0.25) is 0 Å². The van der Waals surface area contributed by atoms with Crippen molar-refractivity contribution in [3.05, 3.63) is 17.1 Å². The van der Waals surface area contributed by atoms with E-state index in [1.165, 1.54) is 24.1 Å². The quantitative estimate of drug-likeness (QED) is 0.890. The van der Waals surface area contributed by atoms with E-state index in [4.69, 9.17) is 14.7 Å². The lowest BCUT2D eigenvalue weighted by Gasteiger charge is -2.20. The maximum atomic E-state index is 5.45. The number of rotatable bonds is 3. The SMILES string of the molecule is CCNc1nc(C2CCOC2)nc2c1CCCC2. The van der Waals surface area contributed by atoms with Gasteiger partial charge in [0.2, 0.25) is 0 Å². The Bertz CT molecular complexity index is 427. The van der Waals surface area contributed by atoms with Crippen LogP contribution in [0, 0.1) is 0 Å². The maximum absolute atomic E-state index is 5.45. The first-order valence-electron chi connectivity index (χ1n) is 7.09. The van der Waals surface area contributed by atoms with E-state index in [9.17, 15) is 0 Å². The monoisotopic (exact) mass is 247 g/mol. The molecule has 4 nitrogen and oxygen atoms in total. The van der Waals surface area contributed by atoms with E-state index in [1.807, 2.05) is 0 Å². The summed E-state index contributed by atoms with van der Waals surface area (Å²) in [6.45, 7) is 4.67. The third kappa shape index (κ3) is 2.21. The molecule has 0 bridgehead atoms. The molecule has 3 rings (SSSR count). The summed E-state index contributed by atoms with van der Waals surface area (Å²) < 4.78 is 5.45. The summed E-state index contributed by atoms with van der Waals surface area (Å²) in [6.07, 6.45) is 5.82. The van der Waals surface area contributed by atoms with Gasteiger partial charge in [-0.05, 0) is 39.0 Å². The minimum Gasteiger partial charge on any atom is -0.381 e. The highest BCUT2D eigenvalue weighted by atomic mass is 16.5. The summed E-state index contributed by atoms with van der Waals surface area (Å²) in [5.74, 6) is 2.46. The fourth-order valence-corrected chi connectivity index (χ4v) is 2.85. The molecule has 0 radical (unpaired) electrons. The Kier molecular flexibility index (Phi) is 3.46. The summed E-state index contributed by atoms with van der Waals surface area (Å²) in [4.78, 5) is 9.56. The van der Waals surface area contributed by atoms with E-state index in [0.717, 1.165) is 50.7 Å². The predicted molar refractivity (Wildman–Crippen MR) is 71.0 cm³/mol. The van der Waals surface area contributed by atoms with Gasteiger partial charge in [0, 0.05) is 30.3 Å².